The molecule has 2 rings (SSSR count). The van der Waals surface area contributed by atoms with Crippen LogP contribution < -0.4 is 5.32 Å². The Labute approximate surface area is 119 Å². The van der Waals surface area contributed by atoms with Gasteiger partial charge in [-0.05, 0) is 12.1 Å². The van der Waals surface area contributed by atoms with Crippen molar-refractivity contribution < 1.29 is 9.90 Å². The van der Waals surface area contributed by atoms with Crippen molar-refractivity contribution in [1.82, 2.24) is 4.98 Å². The molecule has 2 N–H and O–H groups in total. The van der Waals surface area contributed by atoms with E-state index >= 15 is 0 Å². The van der Waals surface area contributed by atoms with Crippen LogP contribution in [0.4, 0.5) is 5.82 Å². The van der Waals surface area contributed by atoms with E-state index in [0.29, 0.717) is 5.82 Å². The number of nitrogens with one attached hydrogen (secondary N) is 1. The molecule has 0 aliphatic carbocycles. The van der Waals surface area contributed by atoms with Gasteiger partial charge in [0.15, 0.2) is 0 Å². The van der Waals surface area contributed by atoms with Crippen LogP contribution in [0.5, 0.6) is 0 Å². The van der Waals surface area contributed by atoms with Crippen LogP contribution in [0.25, 0.3) is 10.8 Å². The molecule has 0 radical (unpaired) electrons. The maximum Gasteiger partial charge on any atom is 0.327 e. The topological polar surface area (TPSA) is 62.2 Å². The summed E-state index contributed by atoms with van der Waals surface area (Å²) in [7, 11) is 0. The number of hydrogen-bond donors (Lipinski definition) is 2. The van der Waals surface area contributed by atoms with Gasteiger partial charge in [-0.3, -0.25) is 0 Å². The van der Waals surface area contributed by atoms with Gasteiger partial charge in [-0.25, -0.2) is 9.78 Å². The molecule has 1 atom stereocenters. The molecule has 2 aromatic rings. The number of hydrogen-bond acceptors (Lipinski definition) is 3. The Morgan fingerprint density at radius 1 is 1.47 bits per heavy atom. The van der Waals surface area contributed by atoms with Gasteiger partial charge < -0.3 is 10.4 Å². The number of halogens is 1. The molecular formula is C14H11BrN2O2. The van der Waals surface area contributed by atoms with Crippen molar-refractivity contribution in [2.75, 3.05) is 5.32 Å². The summed E-state index contributed by atoms with van der Waals surface area (Å²) in [5.74, 6) is 1.87. The lowest BCUT2D eigenvalue weighted by Crippen LogP contribution is -2.29. The van der Waals surface area contributed by atoms with E-state index in [2.05, 4.69) is 32.2 Å². The molecule has 0 aliphatic rings. The molecular weight excluding hydrogens is 308 g/mol. The van der Waals surface area contributed by atoms with Crippen molar-refractivity contribution in [3.63, 3.8) is 0 Å². The monoisotopic (exact) mass is 318 g/mol. The Morgan fingerprint density at radius 2 is 2.26 bits per heavy atom. The van der Waals surface area contributed by atoms with E-state index < -0.39 is 12.0 Å². The third-order valence-corrected chi connectivity index (χ3v) is 3.38. The van der Waals surface area contributed by atoms with Gasteiger partial charge >= 0.3 is 5.97 Å². The van der Waals surface area contributed by atoms with Crippen molar-refractivity contribution >= 4 is 38.5 Å². The van der Waals surface area contributed by atoms with E-state index in [1.54, 1.807) is 6.20 Å². The number of anilines is 1. The van der Waals surface area contributed by atoms with Crippen LogP contribution >= 0.6 is 15.9 Å². The third-order valence-electron chi connectivity index (χ3n) is 2.68. The van der Waals surface area contributed by atoms with Gasteiger partial charge in [0.2, 0.25) is 0 Å². The lowest BCUT2D eigenvalue weighted by atomic mass is 10.1. The molecule has 0 bridgehead atoms. The molecule has 1 aromatic heterocycles. The second kappa shape index (κ2) is 5.72. The minimum Gasteiger partial charge on any atom is -0.480 e. The maximum absolute atomic E-state index is 11.1. The lowest BCUT2D eigenvalue weighted by Gasteiger charge is -2.14. The van der Waals surface area contributed by atoms with Crippen molar-refractivity contribution in [2.24, 2.45) is 0 Å². The van der Waals surface area contributed by atoms with Gasteiger partial charge in [0.05, 0.1) is 0 Å². The van der Waals surface area contributed by atoms with Crippen molar-refractivity contribution in [3.8, 4) is 12.3 Å². The van der Waals surface area contributed by atoms with Gasteiger partial charge in [0, 0.05) is 27.9 Å². The molecule has 5 heteroatoms. The molecule has 4 nitrogen and oxygen atoms in total. The fourth-order valence-corrected chi connectivity index (χ4v) is 2.27. The zero-order valence-corrected chi connectivity index (χ0v) is 11.5. The zero-order chi connectivity index (χ0) is 13.8. The number of aromatic nitrogens is 1. The summed E-state index contributed by atoms with van der Waals surface area (Å²) >= 11 is 3.45. The van der Waals surface area contributed by atoms with E-state index in [-0.39, 0.29) is 6.42 Å². The van der Waals surface area contributed by atoms with Crippen molar-refractivity contribution in [1.29, 1.82) is 0 Å². The highest BCUT2D eigenvalue weighted by Gasteiger charge is 2.17. The van der Waals surface area contributed by atoms with Crippen LogP contribution in [-0.4, -0.2) is 22.1 Å². The summed E-state index contributed by atoms with van der Waals surface area (Å²) < 4.78 is 0.930. The number of rotatable bonds is 4. The fraction of sp³-hybridized carbons (Fsp3) is 0.143. The Hall–Kier alpha value is -2.06. The maximum atomic E-state index is 11.1. The molecule has 0 aliphatic heterocycles. The van der Waals surface area contributed by atoms with E-state index in [1.807, 2.05) is 24.3 Å². The minimum atomic E-state index is -0.994. The number of benzene rings is 1. The summed E-state index contributed by atoms with van der Waals surface area (Å²) in [4.78, 5) is 15.3. The highest BCUT2D eigenvalue weighted by atomic mass is 79.9. The third kappa shape index (κ3) is 2.85. The number of carboxylic acids is 1. The smallest absolute Gasteiger partial charge is 0.327 e. The predicted octanol–water partition coefficient (Wildman–Crippen LogP) is 2.89. The van der Waals surface area contributed by atoms with Crippen LogP contribution in [-0.2, 0) is 4.79 Å². The highest BCUT2D eigenvalue weighted by Crippen LogP contribution is 2.28. The normalized spacial score (nSPS) is 11.8. The number of fused-ring (bicyclic) bond motifs is 1. The van der Waals surface area contributed by atoms with E-state index in [9.17, 15) is 4.79 Å². The first kappa shape index (κ1) is 13.4. The van der Waals surface area contributed by atoms with Crippen LogP contribution in [0.2, 0.25) is 0 Å². The molecule has 1 unspecified atom stereocenters. The number of pyridine rings is 1. The predicted molar refractivity (Wildman–Crippen MR) is 77.9 cm³/mol. The number of carbonyl (C=O) groups is 1. The average molecular weight is 319 g/mol. The van der Waals surface area contributed by atoms with E-state index in [0.717, 1.165) is 15.2 Å². The molecule has 0 spiro atoms. The fourth-order valence-electron chi connectivity index (χ4n) is 1.77. The van der Waals surface area contributed by atoms with E-state index in [4.69, 9.17) is 11.5 Å². The summed E-state index contributed by atoms with van der Waals surface area (Å²) in [6.45, 7) is 0. The van der Waals surface area contributed by atoms with Gasteiger partial charge in [0.1, 0.15) is 11.9 Å². The molecule has 0 amide bonds. The highest BCUT2D eigenvalue weighted by molar-refractivity contribution is 9.10. The molecule has 0 saturated carbocycles. The second-order valence-corrected chi connectivity index (χ2v) is 4.79. The number of aliphatic carboxylic acids is 1. The zero-order valence-electron chi connectivity index (χ0n) is 9.93. The van der Waals surface area contributed by atoms with Gasteiger partial charge in [-0.1, -0.05) is 28.1 Å². The van der Waals surface area contributed by atoms with E-state index in [1.165, 1.54) is 0 Å². The first-order valence-corrected chi connectivity index (χ1v) is 6.39. The Morgan fingerprint density at radius 3 is 2.95 bits per heavy atom. The molecule has 19 heavy (non-hydrogen) atoms. The Bertz CT molecular complexity index is 664. The van der Waals surface area contributed by atoms with Crippen LogP contribution in [0.1, 0.15) is 6.42 Å². The molecule has 0 saturated heterocycles. The molecule has 1 heterocycles. The Kier molecular flexibility index (Phi) is 4.03. The molecule has 0 fully saturated rings. The molecule has 96 valence electrons. The van der Waals surface area contributed by atoms with Crippen LogP contribution in [0.3, 0.4) is 0 Å². The summed E-state index contributed by atoms with van der Waals surface area (Å²) in [5.41, 5.74) is 0. The minimum absolute atomic E-state index is 0.0986. The first-order valence-electron chi connectivity index (χ1n) is 5.59. The van der Waals surface area contributed by atoms with Crippen LogP contribution in [0.15, 0.2) is 34.9 Å². The average Bonchev–Trinajstić information content (AvgIpc) is 2.39. The van der Waals surface area contributed by atoms with Crippen molar-refractivity contribution in [2.45, 2.75) is 12.5 Å². The standard InChI is InChI=1S/C14H11BrN2O2/c1-2-4-12(14(18)19)17-13-10-5-3-6-11(15)9(10)7-8-16-13/h1,3,5-8,12H,4H2,(H,16,17)(H,18,19). The van der Waals surface area contributed by atoms with Gasteiger partial charge in [0.25, 0.3) is 0 Å². The first-order chi connectivity index (χ1) is 9.13. The largest absolute Gasteiger partial charge is 0.480 e. The number of nitrogens with zero attached hydrogens (tertiary/aromatic N) is 1. The second-order valence-electron chi connectivity index (χ2n) is 3.94. The Balaban J connectivity index is 2.43. The van der Waals surface area contributed by atoms with Gasteiger partial charge in [-0.15, -0.1) is 12.3 Å². The summed E-state index contributed by atoms with van der Waals surface area (Å²) in [6.07, 6.45) is 6.90. The molecule has 1 aromatic carbocycles. The summed E-state index contributed by atoms with van der Waals surface area (Å²) in [6, 6.07) is 6.69. The number of carboxylic acid groups (broad SMARTS) is 1. The summed E-state index contributed by atoms with van der Waals surface area (Å²) in [5, 5.41) is 13.8. The van der Waals surface area contributed by atoms with Gasteiger partial charge in [-0.2, -0.15) is 0 Å². The quantitative estimate of drug-likeness (QED) is 0.851. The number of terminal acetylenes is 1. The SMILES string of the molecule is C#CCC(Nc1nccc2c(Br)cccc12)C(=O)O. The lowest BCUT2D eigenvalue weighted by molar-refractivity contribution is -0.137. The van der Waals surface area contributed by atoms with Crippen molar-refractivity contribution in [3.05, 3.63) is 34.9 Å². The van der Waals surface area contributed by atoms with Crippen LogP contribution in [0, 0.1) is 12.3 Å².